The molecule has 1 aliphatic rings. The Bertz CT molecular complexity index is 697. The Balaban J connectivity index is 1.61. The van der Waals surface area contributed by atoms with Crippen molar-refractivity contribution >= 4 is 5.91 Å². The Kier molecular flexibility index (Phi) is 5.04. The first-order valence-electron chi connectivity index (χ1n) is 8.35. The fourth-order valence-corrected chi connectivity index (χ4v) is 2.83. The lowest BCUT2D eigenvalue weighted by atomic mass is 10.1. The van der Waals surface area contributed by atoms with Crippen LogP contribution in [0.2, 0.25) is 0 Å². The smallest absolute Gasteiger partial charge is 0.231 e. The first-order chi connectivity index (χ1) is 11.6. The van der Waals surface area contributed by atoms with Crippen LogP contribution in [0.15, 0.2) is 48.5 Å². The molecule has 0 aromatic heterocycles. The summed E-state index contributed by atoms with van der Waals surface area (Å²) in [6.07, 6.45) is 1.19. The molecule has 3 rings (SSSR count). The van der Waals surface area contributed by atoms with Crippen LogP contribution in [0.3, 0.4) is 0 Å². The van der Waals surface area contributed by atoms with Gasteiger partial charge in [0.15, 0.2) is 11.5 Å². The van der Waals surface area contributed by atoms with Gasteiger partial charge in [0.25, 0.3) is 0 Å². The summed E-state index contributed by atoms with van der Waals surface area (Å²) in [6.45, 7) is 5.04. The zero-order valence-corrected chi connectivity index (χ0v) is 14.2. The molecule has 0 saturated heterocycles. The summed E-state index contributed by atoms with van der Waals surface area (Å²) < 4.78 is 10.7. The fourth-order valence-electron chi connectivity index (χ4n) is 2.83. The van der Waals surface area contributed by atoms with Crippen LogP contribution in [0.25, 0.3) is 0 Å². The third kappa shape index (κ3) is 3.88. The van der Waals surface area contributed by atoms with Gasteiger partial charge in [-0.25, -0.2) is 0 Å². The first kappa shape index (κ1) is 16.4. The minimum absolute atomic E-state index is 0.173. The molecular weight excluding hydrogens is 302 g/mol. The Morgan fingerprint density at radius 3 is 2.54 bits per heavy atom. The molecule has 0 fully saturated rings. The van der Waals surface area contributed by atoms with Gasteiger partial charge < -0.3 is 14.4 Å². The second-order valence-corrected chi connectivity index (χ2v) is 6.29. The van der Waals surface area contributed by atoms with E-state index in [9.17, 15) is 4.79 Å². The predicted molar refractivity (Wildman–Crippen MR) is 93.0 cm³/mol. The molecule has 0 unspecified atom stereocenters. The monoisotopic (exact) mass is 325 g/mol. The van der Waals surface area contributed by atoms with Gasteiger partial charge in [0.05, 0.1) is 0 Å². The average Bonchev–Trinajstić information content (AvgIpc) is 3.06. The van der Waals surface area contributed by atoms with Crippen LogP contribution in [-0.4, -0.2) is 23.6 Å². The number of hydrogen-bond donors (Lipinski definition) is 0. The molecule has 4 heteroatoms. The van der Waals surface area contributed by atoms with Crippen LogP contribution >= 0.6 is 0 Å². The molecule has 2 aromatic rings. The van der Waals surface area contributed by atoms with Gasteiger partial charge in [0, 0.05) is 19.0 Å². The SMILES string of the molecule is CC(C)N(Cc1ccccc1)C(=O)CCc1ccc2c(c1)OCO2. The second kappa shape index (κ2) is 7.39. The standard InChI is InChI=1S/C20H23NO3/c1-15(2)21(13-17-6-4-3-5-7-17)20(22)11-9-16-8-10-18-19(12-16)24-14-23-18/h3-8,10,12,15H,9,11,13-14H2,1-2H3. The zero-order valence-electron chi connectivity index (χ0n) is 14.2. The van der Waals surface area contributed by atoms with E-state index < -0.39 is 0 Å². The van der Waals surface area contributed by atoms with E-state index in [-0.39, 0.29) is 18.7 Å². The molecule has 1 aliphatic heterocycles. The van der Waals surface area contributed by atoms with Crippen molar-refractivity contribution < 1.29 is 14.3 Å². The third-order valence-electron chi connectivity index (χ3n) is 4.20. The topological polar surface area (TPSA) is 38.8 Å². The number of fused-ring (bicyclic) bond motifs is 1. The second-order valence-electron chi connectivity index (χ2n) is 6.29. The van der Waals surface area contributed by atoms with Gasteiger partial charge in [-0.2, -0.15) is 0 Å². The number of carbonyl (C=O) groups is 1. The van der Waals surface area contributed by atoms with Crippen LogP contribution in [0, 0.1) is 0 Å². The molecule has 4 nitrogen and oxygen atoms in total. The van der Waals surface area contributed by atoms with Crippen molar-refractivity contribution in [3.8, 4) is 11.5 Å². The largest absolute Gasteiger partial charge is 0.454 e. The van der Waals surface area contributed by atoms with Gasteiger partial charge in [0.1, 0.15) is 0 Å². The number of carbonyl (C=O) groups excluding carboxylic acids is 1. The van der Waals surface area contributed by atoms with Crippen molar-refractivity contribution in [1.82, 2.24) is 4.90 Å². The molecular formula is C20H23NO3. The molecule has 0 N–H and O–H groups in total. The van der Waals surface area contributed by atoms with Crippen LogP contribution in [-0.2, 0) is 17.8 Å². The van der Waals surface area contributed by atoms with Gasteiger partial charge >= 0.3 is 0 Å². The number of benzene rings is 2. The highest BCUT2D eigenvalue weighted by Gasteiger charge is 2.18. The molecule has 2 aromatic carbocycles. The van der Waals surface area contributed by atoms with Crippen molar-refractivity contribution in [2.24, 2.45) is 0 Å². The Morgan fingerprint density at radius 2 is 1.79 bits per heavy atom. The number of ether oxygens (including phenoxy) is 2. The van der Waals surface area contributed by atoms with Crippen molar-refractivity contribution in [3.63, 3.8) is 0 Å². The molecule has 0 spiro atoms. The lowest BCUT2D eigenvalue weighted by molar-refractivity contribution is -0.133. The number of rotatable bonds is 6. The highest BCUT2D eigenvalue weighted by atomic mass is 16.7. The van der Waals surface area contributed by atoms with E-state index in [0.717, 1.165) is 22.6 Å². The van der Waals surface area contributed by atoms with E-state index in [1.54, 1.807) is 0 Å². The van der Waals surface area contributed by atoms with Gasteiger partial charge in [-0.05, 0) is 43.5 Å². The van der Waals surface area contributed by atoms with E-state index in [2.05, 4.69) is 26.0 Å². The van der Waals surface area contributed by atoms with Crippen LogP contribution in [0.4, 0.5) is 0 Å². The fraction of sp³-hybridized carbons (Fsp3) is 0.350. The molecule has 1 amide bonds. The summed E-state index contributed by atoms with van der Waals surface area (Å²) in [5, 5.41) is 0. The molecule has 0 saturated carbocycles. The van der Waals surface area contributed by atoms with Crippen molar-refractivity contribution in [3.05, 3.63) is 59.7 Å². The third-order valence-corrected chi connectivity index (χ3v) is 4.20. The Morgan fingerprint density at radius 1 is 1.04 bits per heavy atom. The Hall–Kier alpha value is -2.49. The summed E-state index contributed by atoms with van der Waals surface area (Å²) >= 11 is 0. The number of amides is 1. The van der Waals surface area contributed by atoms with E-state index in [1.165, 1.54) is 0 Å². The molecule has 0 radical (unpaired) electrons. The molecule has 126 valence electrons. The van der Waals surface area contributed by atoms with Crippen LogP contribution in [0.5, 0.6) is 11.5 Å². The van der Waals surface area contributed by atoms with E-state index in [1.807, 2.05) is 41.3 Å². The minimum Gasteiger partial charge on any atom is -0.454 e. The lowest BCUT2D eigenvalue weighted by Gasteiger charge is -2.27. The van der Waals surface area contributed by atoms with E-state index in [0.29, 0.717) is 19.4 Å². The molecule has 0 aliphatic carbocycles. The van der Waals surface area contributed by atoms with Crippen LogP contribution < -0.4 is 9.47 Å². The summed E-state index contributed by atoms with van der Waals surface area (Å²) in [6, 6.07) is 16.2. The highest BCUT2D eigenvalue weighted by molar-refractivity contribution is 5.76. The Labute approximate surface area is 143 Å². The summed E-state index contributed by atoms with van der Waals surface area (Å²) in [5.74, 6) is 1.72. The minimum atomic E-state index is 0.173. The van der Waals surface area contributed by atoms with E-state index >= 15 is 0 Å². The molecule has 1 heterocycles. The maximum absolute atomic E-state index is 12.7. The van der Waals surface area contributed by atoms with Gasteiger partial charge in [-0.15, -0.1) is 0 Å². The molecule has 24 heavy (non-hydrogen) atoms. The summed E-state index contributed by atoms with van der Waals surface area (Å²) in [4.78, 5) is 14.6. The lowest BCUT2D eigenvalue weighted by Crippen LogP contribution is -2.36. The quantitative estimate of drug-likeness (QED) is 0.811. The maximum atomic E-state index is 12.7. The van der Waals surface area contributed by atoms with Crippen molar-refractivity contribution in [2.45, 2.75) is 39.3 Å². The number of aryl methyl sites for hydroxylation is 1. The zero-order chi connectivity index (χ0) is 16.9. The van der Waals surface area contributed by atoms with E-state index in [4.69, 9.17) is 9.47 Å². The van der Waals surface area contributed by atoms with Crippen LogP contribution in [0.1, 0.15) is 31.4 Å². The number of hydrogen-bond acceptors (Lipinski definition) is 3. The first-order valence-corrected chi connectivity index (χ1v) is 8.35. The summed E-state index contributed by atoms with van der Waals surface area (Å²) in [7, 11) is 0. The van der Waals surface area contributed by atoms with Gasteiger partial charge in [-0.1, -0.05) is 36.4 Å². The highest BCUT2D eigenvalue weighted by Crippen LogP contribution is 2.32. The normalized spacial score (nSPS) is 12.5. The number of nitrogens with zero attached hydrogens (tertiary/aromatic N) is 1. The molecule has 0 bridgehead atoms. The maximum Gasteiger partial charge on any atom is 0.231 e. The summed E-state index contributed by atoms with van der Waals surface area (Å²) in [5.41, 5.74) is 2.25. The van der Waals surface area contributed by atoms with Gasteiger partial charge in [-0.3, -0.25) is 4.79 Å². The predicted octanol–water partition coefficient (Wildman–Crippen LogP) is 3.79. The molecule has 0 atom stereocenters. The van der Waals surface area contributed by atoms with Crippen molar-refractivity contribution in [1.29, 1.82) is 0 Å². The average molecular weight is 325 g/mol. The van der Waals surface area contributed by atoms with Crippen molar-refractivity contribution in [2.75, 3.05) is 6.79 Å². The van der Waals surface area contributed by atoms with Gasteiger partial charge in [0.2, 0.25) is 12.7 Å².